The molecular weight excluding hydrogens is 305 g/mol. The molecule has 2 N–H and O–H groups in total. The van der Waals surface area contributed by atoms with Crippen LogP contribution in [0.2, 0.25) is 0 Å². The van der Waals surface area contributed by atoms with Crippen LogP contribution in [0.3, 0.4) is 0 Å². The van der Waals surface area contributed by atoms with E-state index in [-0.39, 0.29) is 10.7 Å². The van der Waals surface area contributed by atoms with Crippen LogP contribution in [0, 0.1) is 5.82 Å². The maximum Gasteiger partial charge on any atom is 0.238 e. The molecule has 0 saturated heterocycles. The number of aromatic nitrogens is 2. The van der Waals surface area contributed by atoms with Crippen LogP contribution in [0.15, 0.2) is 66.0 Å². The highest BCUT2D eigenvalue weighted by atomic mass is 32.2. The Morgan fingerprint density at radius 2 is 1.64 bits per heavy atom. The van der Waals surface area contributed by atoms with Crippen molar-refractivity contribution in [1.29, 1.82) is 0 Å². The van der Waals surface area contributed by atoms with E-state index in [2.05, 4.69) is 4.98 Å². The molecule has 112 valence electrons. The number of hydrogen-bond acceptors (Lipinski definition) is 3. The summed E-state index contributed by atoms with van der Waals surface area (Å²) in [6, 6.07) is 12.2. The maximum atomic E-state index is 13.0. The van der Waals surface area contributed by atoms with Crippen LogP contribution in [-0.2, 0) is 10.0 Å². The minimum Gasteiger partial charge on any atom is -0.299 e. The molecule has 0 atom stereocenters. The molecule has 0 bridgehead atoms. The summed E-state index contributed by atoms with van der Waals surface area (Å²) in [6.07, 6.45) is 3.26. The van der Waals surface area contributed by atoms with Crippen molar-refractivity contribution in [2.75, 3.05) is 0 Å². The average Bonchev–Trinajstić information content (AvgIpc) is 2.97. The van der Waals surface area contributed by atoms with Gasteiger partial charge in [0.2, 0.25) is 10.0 Å². The predicted octanol–water partition coefficient (Wildman–Crippen LogP) is 2.33. The van der Waals surface area contributed by atoms with Gasteiger partial charge in [-0.15, -0.1) is 0 Å². The topological polar surface area (TPSA) is 78.0 Å². The van der Waals surface area contributed by atoms with Crippen molar-refractivity contribution in [3.8, 4) is 16.9 Å². The van der Waals surface area contributed by atoms with Gasteiger partial charge in [-0.2, -0.15) is 0 Å². The molecule has 0 aliphatic carbocycles. The monoisotopic (exact) mass is 317 g/mol. The standard InChI is InChI=1S/C15H12FN3O2S/c16-12-3-1-11(2-4-12)15-9-18-10-19(15)13-5-7-14(8-6-13)22(17,20)21/h1-10H,(H2,17,20,21). The van der Waals surface area contributed by atoms with E-state index in [1.807, 2.05) is 0 Å². The number of halogens is 1. The molecule has 1 heterocycles. The number of nitrogens with zero attached hydrogens (tertiary/aromatic N) is 2. The second-order valence-electron chi connectivity index (χ2n) is 4.69. The molecule has 0 fully saturated rings. The lowest BCUT2D eigenvalue weighted by molar-refractivity contribution is 0.598. The summed E-state index contributed by atoms with van der Waals surface area (Å²) >= 11 is 0. The van der Waals surface area contributed by atoms with Crippen molar-refractivity contribution in [2.45, 2.75) is 4.90 Å². The highest BCUT2D eigenvalue weighted by molar-refractivity contribution is 7.89. The van der Waals surface area contributed by atoms with Crippen LogP contribution in [0.1, 0.15) is 0 Å². The second-order valence-corrected chi connectivity index (χ2v) is 6.26. The molecule has 3 aromatic rings. The Balaban J connectivity index is 2.03. The average molecular weight is 317 g/mol. The molecule has 7 heteroatoms. The van der Waals surface area contributed by atoms with E-state index in [1.165, 1.54) is 24.3 Å². The normalized spacial score (nSPS) is 11.5. The minimum absolute atomic E-state index is 0.0414. The van der Waals surface area contributed by atoms with Gasteiger partial charge in [-0.1, -0.05) is 0 Å². The number of primary sulfonamides is 1. The Hall–Kier alpha value is -2.51. The van der Waals surface area contributed by atoms with Crippen molar-refractivity contribution in [3.05, 3.63) is 66.9 Å². The molecule has 3 rings (SSSR count). The largest absolute Gasteiger partial charge is 0.299 e. The number of benzene rings is 2. The molecule has 0 aliphatic heterocycles. The Bertz CT molecular complexity index is 901. The molecule has 0 unspecified atom stereocenters. The fraction of sp³-hybridized carbons (Fsp3) is 0. The smallest absolute Gasteiger partial charge is 0.238 e. The first-order valence-electron chi connectivity index (χ1n) is 6.37. The van der Waals surface area contributed by atoms with E-state index in [9.17, 15) is 12.8 Å². The van der Waals surface area contributed by atoms with Crippen molar-refractivity contribution in [2.24, 2.45) is 5.14 Å². The first-order valence-corrected chi connectivity index (χ1v) is 7.91. The van der Waals surface area contributed by atoms with E-state index >= 15 is 0 Å². The third-order valence-electron chi connectivity index (χ3n) is 3.22. The molecule has 0 amide bonds. The summed E-state index contributed by atoms with van der Waals surface area (Å²) in [6.45, 7) is 0. The van der Waals surface area contributed by atoms with E-state index in [4.69, 9.17) is 5.14 Å². The van der Waals surface area contributed by atoms with Crippen molar-refractivity contribution in [3.63, 3.8) is 0 Å². The van der Waals surface area contributed by atoms with Gasteiger partial charge in [-0.3, -0.25) is 4.57 Å². The zero-order valence-corrected chi connectivity index (χ0v) is 12.2. The summed E-state index contributed by atoms with van der Waals surface area (Å²) in [5, 5.41) is 5.08. The molecule has 0 spiro atoms. The van der Waals surface area contributed by atoms with E-state index < -0.39 is 10.0 Å². The third-order valence-corrected chi connectivity index (χ3v) is 4.15. The SMILES string of the molecule is NS(=O)(=O)c1ccc(-n2cncc2-c2ccc(F)cc2)cc1. The van der Waals surface area contributed by atoms with Crippen LogP contribution in [0.5, 0.6) is 0 Å². The van der Waals surface area contributed by atoms with Gasteiger partial charge in [0.05, 0.1) is 23.1 Å². The lowest BCUT2D eigenvalue weighted by Crippen LogP contribution is -2.12. The molecule has 22 heavy (non-hydrogen) atoms. The molecule has 0 aliphatic rings. The molecule has 0 radical (unpaired) electrons. The van der Waals surface area contributed by atoms with Gasteiger partial charge in [-0.25, -0.2) is 22.9 Å². The minimum atomic E-state index is -3.72. The van der Waals surface area contributed by atoms with E-state index in [0.717, 1.165) is 16.9 Å². The van der Waals surface area contributed by atoms with Gasteiger partial charge in [-0.05, 0) is 48.5 Å². The van der Waals surface area contributed by atoms with E-state index in [1.54, 1.807) is 41.4 Å². The Labute approximate surface area is 126 Å². The maximum absolute atomic E-state index is 13.0. The van der Waals surface area contributed by atoms with Gasteiger partial charge in [0, 0.05) is 11.3 Å². The summed E-state index contributed by atoms with van der Waals surface area (Å²) < 4.78 is 37.3. The summed E-state index contributed by atoms with van der Waals surface area (Å²) in [4.78, 5) is 4.14. The van der Waals surface area contributed by atoms with Crippen LogP contribution in [-0.4, -0.2) is 18.0 Å². The van der Waals surface area contributed by atoms with Crippen LogP contribution in [0.25, 0.3) is 16.9 Å². The number of sulfonamides is 1. The quantitative estimate of drug-likeness (QED) is 0.805. The van der Waals surface area contributed by atoms with Crippen LogP contribution < -0.4 is 5.14 Å². The summed E-state index contributed by atoms with van der Waals surface area (Å²) in [5.74, 6) is -0.313. The first kappa shape index (κ1) is 14.4. The van der Waals surface area contributed by atoms with Crippen LogP contribution in [0.4, 0.5) is 4.39 Å². The Kier molecular flexibility index (Phi) is 3.51. The van der Waals surface area contributed by atoms with Crippen molar-refractivity contribution < 1.29 is 12.8 Å². The lowest BCUT2D eigenvalue weighted by atomic mass is 10.1. The van der Waals surface area contributed by atoms with Gasteiger partial charge in [0.1, 0.15) is 5.82 Å². The molecule has 0 saturated carbocycles. The van der Waals surface area contributed by atoms with E-state index in [0.29, 0.717) is 0 Å². The Morgan fingerprint density at radius 1 is 1.00 bits per heavy atom. The lowest BCUT2D eigenvalue weighted by Gasteiger charge is -2.09. The number of imidazole rings is 1. The second kappa shape index (κ2) is 5.36. The molecule has 5 nitrogen and oxygen atoms in total. The zero-order chi connectivity index (χ0) is 15.7. The first-order chi connectivity index (χ1) is 10.4. The molecular formula is C15H12FN3O2S. The van der Waals surface area contributed by atoms with Gasteiger partial charge < -0.3 is 0 Å². The third kappa shape index (κ3) is 2.76. The van der Waals surface area contributed by atoms with Gasteiger partial charge >= 0.3 is 0 Å². The Morgan fingerprint density at radius 3 is 2.23 bits per heavy atom. The highest BCUT2D eigenvalue weighted by Crippen LogP contribution is 2.23. The molecule has 2 aromatic carbocycles. The number of nitrogens with two attached hydrogens (primary N) is 1. The van der Waals surface area contributed by atoms with Crippen molar-refractivity contribution >= 4 is 10.0 Å². The fourth-order valence-corrected chi connectivity index (χ4v) is 2.65. The van der Waals surface area contributed by atoms with Crippen molar-refractivity contribution in [1.82, 2.24) is 9.55 Å². The number of rotatable bonds is 3. The summed E-state index contributed by atoms with van der Waals surface area (Å²) in [7, 11) is -3.72. The van der Waals surface area contributed by atoms with Crippen LogP contribution >= 0.6 is 0 Å². The zero-order valence-electron chi connectivity index (χ0n) is 11.3. The van der Waals surface area contributed by atoms with Gasteiger partial charge in [0.25, 0.3) is 0 Å². The predicted molar refractivity (Wildman–Crippen MR) is 80.3 cm³/mol. The fourth-order valence-electron chi connectivity index (χ4n) is 2.13. The molecule has 1 aromatic heterocycles. The highest BCUT2D eigenvalue weighted by Gasteiger charge is 2.10. The van der Waals surface area contributed by atoms with Gasteiger partial charge in [0.15, 0.2) is 0 Å². The summed E-state index contributed by atoms with van der Waals surface area (Å²) in [5.41, 5.74) is 2.29. The number of hydrogen-bond donors (Lipinski definition) is 1.